The fourth-order valence-electron chi connectivity index (χ4n) is 3.31. The number of hydrogen-bond donors (Lipinski definition) is 1. The molecule has 0 saturated heterocycles. The van der Waals surface area contributed by atoms with Gasteiger partial charge in [-0.05, 0) is 36.1 Å². The molecule has 1 atom stereocenters. The second kappa shape index (κ2) is 8.79. The lowest BCUT2D eigenvalue weighted by Gasteiger charge is -2.29. The van der Waals surface area contributed by atoms with Crippen LogP contribution in [0.3, 0.4) is 0 Å². The molecule has 0 aliphatic carbocycles. The van der Waals surface area contributed by atoms with Crippen molar-refractivity contribution >= 4 is 5.91 Å². The van der Waals surface area contributed by atoms with Crippen LogP contribution in [0.25, 0.3) is 0 Å². The zero-order valence-corrected chi connectivity index (χ0v) is 14.6. The molecule has 0 spiro atoms. The standard InChI is InChI=1S/C21H26N2O2/c22-12-6-13-23(16-17-7-2-1-3-8-17)21(24)15-20-19-10-5-4-9-18(19)11-14-25-20/h1-5,7-10,20H,6,11-16,22H2. The summed E-state index contributed by atoms with van der Waals surface area (Å²) >= 11 is 0. The van der Waals surface area contributed by atoms with Crippen LogP contribution in [-0.2, 0) is 22.5 Å². The lowest BCUT2D eigenvalue weighted by atomic mass is 9.95. The molecule has 0 saturated carbocycles. The summed E-state index contributed by atoms with van der Waals surface area (Å²) in [6.07, 6.45) is 1.96. The molecule has 2 aromatic carbocycles. The van der Waals surface area contributed by atoms with Gasteiger partial charge in [0.05, 0.1) is 19.1 Å². The number of benzene rings is 2. The monoisotopic (exact) mass is 338 g/mol. The van der Waals surface area contributed by atoms with E-state index in [-0.39, 0.29) is 12.0 Å². The SMILES string of the molecule is NCCCN(Cc1ccccc1)C(=O)CC1OCCc2ccccc21. The minimum Gasteiger partial charge on any atom is -0.373 e. The normalized spacial score (nSPS) is 16.3. The van der Waals surface area contributed by atoms with E-state index in [4.69, 9.17) is 10.5 Å². The first-order valence-electron chi connectivity index (χ1n) is 8.99. The summed E-state index contributed by atoms with van der Waals surface area (Å²) < 4.78 is 5.91. The van der Waals surface area contributed by atoms with Gasteiger partial charge in [-0.3, -0.25) is 4.79 Å². The Hall–Kier alpha value is -2.17. The number of rotatable bonds is 7. The third-order valence-electron chi connectivity index (χ3n) is 4.65. The summed E-state index contributed by atoms with van der Waals surface area (Å²) in [5.41, 5.74) is 9.24. The zero-order valence-electron chi connectivity index (χ0n) is 14.6. The van der Waals surface area contributed by atoms with Gasteiger partial charge in [-0.2, -0.15) is 0 Å². The van der Waals surface area contributed by atoms with Crippen molar-refractivity contribution in [3.63, 3.8) is 0 Å². The predicted molar refractivity (Wildman–Crippen MR) is 99.0 cm³/mol. The maximum absolute atomic E-state index is 12.9. The maximum Gasteiger partial charge on any atom is 0.225 e. The van der Waals surface area contributed by atoms with Crippen molar-refractivity contribution in [2.75, 3.05) is 19.7 Å². The van der Waals surface area contributed by atoms with Gasteiger partial charge in [0.1, 0.15) is 0 Å². The lowest BCUT2D eigenvalue weighted by molar-refractivity contribution is -0.135. The van der Waals surface area contributed by atoms with Gasteiger partial charge in [0.15, 0.2) is 0 Å². The molecule has 25 heavy (non-hydrogen) atoms. The van der Waals surface area contributed by atoms with Crippen molar-refractivity contribution in [1.29, 1.82) is 0 Å². The molecule has 1 unspecified atom stereocenters. The van der Waals surface area contributed by atoms with Crippen LogP contribution >= 0.6 is 0 Å². The Morgan fingerprint density at radius 1 is 1.12 bits per heavy atom. The molecule has 1 aliphatic heterocycles. The Labute approximate surface area is 149 Å². The number of fused-ring (bicyclic) bond motifs is 1. The quantitative estimate of drug-likeness (QED) is 0.844. The highest BCUT2D eigenvalue weighted by Gasteiger charge is 2.25. The van der Waals surface area contributed by atoms with Gasteiger partial charge in [-0.15, -0.1) is 0 Å². The molecule has 0 aromatic heterocycles. The van der Waals surface area contributed by atoms with Gasteiger partial charge in [-0.25, -0.2) is 0 Å². The summed E-state index contributed by atoms with van der Waals surface area (Å²) in [4.78, 5) is 14.8. The Morgan fingerprint density at radius 3 is 2.68 bits per heavy atom. The van der Waals surface area contributed by atoms with E-state index in [1.54, 1.807) is 0 Å². The number of carbonyl (C=O) groups excluding carboxylic acids is 1. The first-order chi connectivity index (χ1) is 12.3. The fraction of sp³-hybridized carbons (Fsp3) is 0.381. The van der Waals surface area contributed by atoms with Crippen LogP contribution < -0.4 is 5.73 Å². The van der Waals surface area contributed by atoms with Gasteiger partial charge in [0.2, 0.25) is 5.91 Å². The van der Waals surface area contributed by atoms with Gasteiger partial charge in [-0.1, -0.05) is 54.6 Å². The molecule has 1 amide bonds. The topological polar surface area (TPSA) is 55.6 Å². The molecule has 0 fully saturated rings. The fourth-order valence-corrected chi connectivity index (χ4v) is 3.31. The Bertz CT molecular complexity index is 687. The van der Waals surface area contributed by atoms with Gasteiger partial charge < -0.3 is 15.4 Å². The Morgan fingerprint density at radius 2 is 1.88 bits per heavy atom. The van der Waals surface area contributed by atoms with E-state index in [9.17, 15) is 4.79 Å². The molecular weight excluding hydrogens is 312 g/mol. The highest BCUT2D eigenvalue weighted by atomic mass is 16.5. The largest absolute Gasteiger partial charge is 0.373 e. The van der Waals surface area contributed by atoms with Crippen LogP contribution in [0.5, 0.6) is 0 Å². The first-order valence-corrected chi connectivity index (χ1v) is 8.99. The third-order valence-corrected chi connectivity index (χ3v) is 4.65. The van der Waals surface area contributed by atoms with Gasteiger partial charge >= 0.3 is 0 Å². The van der Waals surface area contributed by atoms with Crippen molar-refractivity contribution in [3.8, 4) is 0 Å². The van der Waals surface area contributed by atoms with Crippen molar-refractivity contribution in [2.45, 2.75) is 31.9 Å². The smallest absolute Gasteiger partial charge is 0.225 e. The molecular formula is C21H26N2O2. The summed E-state index contributed by atoms with van der Waals surface area (Å²) in [5.74, 6) is 0.124. The summed E-state index contributed by atoms with van der Waals surface area (Å²) in [7, 11) is 0. The molecule has 4 nitrogen and oxygen atoms in total. The summed E-state index contributed by atoms with van der Waals surface area (Å²) in [6.45, 7) is 2.56. The van der Waals surface area contributed by atoms with E-state index >= 15 is 0 Å². The van der Waals surface area contributed by atoms with Crippen LogP contribution in [0.4, 0.5) is 0 Å². The maximum atomic E-state index is 12.9. The molecule has 2 aromatic rings. The van der Waals surface area contributed by atoms with E-state index in [2.05, 4.69) is 24.3 Å². The lowest BCUT2D eigenvalue weighted by Crippen LogP contribution is -2.34. The minimum atomic E-state index is -0.145. The van der Waals surface area contributed by atoms with E-state index < -0.39 is 0 Å². The molecule has 0 bridgehead atoms. The second-order valence-electron chi connectivity index (χ2n) is 6.46. The molecule has 1 aliphatic rings. The van der Waals surface area contributed by atoms with E-state index in [0.29, 0.717) is 32.7 Å². The Kier molecular flexibility index (Phi) is 6.20. The van der Waals surface area contributed by atoms with Crippen molar-refractivity contribution < 1.29 is 9.53 Å². The van der Waals surface area contributed by atoms with Crippen LogP contribution in [0, 0.1) is 0 Å². The zero-order chi connectivity index (χ0) is 17.5. The Balaban J connectivity index is 1.70. The molecule has 0 radical (unpaired) electrons. The number of carbonyl (C=O) groups is 1. The predicted octanol–water partition coefficient (Wildman–Crippen LogP) is 3.07. The molecule has 132 valence electrons. The van der Waals surface area contributed by atoms with Gasteiger partial charge in [0, 0.05) is 13.1 Å². The number of nitrogens with two attached hydrogens (primary N) is 1. The van der Waals surface area contributed by atoms with E-state index in [1.807, 2.05) is 35.2 Å². The average molecular weight is 338 g/mol. The third kappa shape index (κ3) is 4.68. The van der Waals surface area contributed by atoms with E-state index in [1.165, 1.54) is 5.56 Å². The number of nitrogens with zero attached hydrogens (tertiary/aromatic N) is 1. The van der Waals surface area contributed by atoms with Gasteiger partial charge in [0.25, 0.3) is 0 Å². The van der Waals surface area contributed by atoms with Crippen molar-refractivity contribution in [3.05, 3.63) is 71.3 Å². The summed E-state index contributed by atoms with van der Waals surface area (Å²) in [5, 5.41) is 0. The average Bonchev–Trinajstić information content (AvgIpc) is 2.66. The molecule has 1 heterocycles. The van der Waals surface area contributed by atoms with Crippen LogP contribution in [0.2, 0.25) is 0 Å². The van der Waals surface area contributed by atoms with Crippen LogP contribution in [0.15, 0.2) is 54.6 Å². The minimum absolute atomic E-state index is 0.124. The van der Waals surface area contributed by atoms with Crippen LogP contribution in [0.1, 0.15) is 35.6 Å². The highest BCUT2D eigenvalue weighted by molar-refractivity contribution is 5.77. The molecule has 2 N–H and O–H groups in total. The summed E-state index contributed by atoms with van der Waals surface area (Å²) in [6, 6.07) is 18.4. The van der Waals surface area contributed by atoms with E-state index in [0.717, 1.165) is 24.0 Å². The second-order valence-corrected chi connectivity index (χ2v) is 6.46. The van der Waals surface area contributed by atoms with Crippen molar-refractivity contribution in [2.24, 2.45) is 5.73 Å². The number of hydrogen-bond acceptors (Lipinski definition) is 3. The number of ether oxygens (including phenoxy) is 1. The number of amides is 1. The van der Waals surface area contributed by atoms with Crippen LogP contribution in [-0.4, -0.2) is 30.5 Å². The van der Waals surface area contributed by atoms with Crippen molar-refractivity contribution in [1.82, 2.24) is 4.90 Å². The molecule has 3 rings (SSSR count). The first kappa shape index (κ1) is 17.6. The highest BCUT2D eigenvalue weighted by Crippen LogP contribution is 2.30. The molecule has 4 heteroatoms.